The van der Waals surface area contributed by atoms with E-state index in [4.69, 9.17) is 0 Å². The second-order valence-electron chi connectivity index (χ2n) is 6.18. The van der Waals surface area contributed by atoms with Gasteiger partial charge in [0.25, 0.3) is 0 Å². The maximum Gasteiger partial charge on any atom is 0.244 e. The number of carbonyl (C=O) groups excluding carboxylic acids is 1. The Morgan fingerprint density at radius 3 is 2.38 bits per heavy atom. The van der Waals surface area contributed by atoms with E-state index in [9.17, 15) is 4.79 Å². The Labute approximate surface area is 144 Å². The summed E-state index contributed by atoms with van der Waals surface area (Å²) in [6, 6.07) is 18.4. The largest absolute Gasteiger partial charge is 0.372 e. The summed E-state index contributed by atoms with van der Waals surface area (Å²) in [5, 5.41) is 2.93. The van der Waals surface area contributed by atoms with Gasteiger partial charge in [0.2, 0.25) is 5.91 Å². The molecule has 0 spiro atoms. The molecule has 0 bridgehead atoms. The molecule has 0 atom stereocenters. The van der Waals surface area contributed by atoms with E-state index in [0.717, 1.165) is 24.2 Å². The molecule has 1 aliphatic heterocycles. The standard InChI is InChI=1S/C21H24N2O/c24-21(14-11-18-7-3-1-4-8-18)22-17-19-9-12-20(13-10-19)23-15-5-2-6-16-23/h1,3-4,7-14H,2,5-6,15-17H2,(H,22,24)/b14-11+. The molecule has 1 N–H and O–H groups in total. The van der Waals surface area contributed by atoms with Gasteiger partial charge < -0.3 is 10.2 Å². The van der Waals surface area contributed by atoms with Gasteiger partial charge in [0.1, 0.15) is 0 Å². The normalized spacial score (nSPS) is 14.8. The van der Waals surface area contributed by atoms with E-state index in [0.29, 0.717) is 6.54 Å². The maximum absolute atomic E-state index is 11.9. The van der Waals surface area contributed by atoms with Crippen molar-refractivity contribution in [3.8, 4) is 0 Å². The van der Waals surface area contributed by atoms with Gasteiger partial charge >= 0.3 is 0 Å². The molecule has 1 heterocycles. The number of nitrogens with zero attached hydrogens (tertiary/aromatic N) is 1. The first-order valence-electron chi connectivity index (χ1n) is 8.66. The van der Waals surface area contributed by atoms with Crippen molar-refractivity contribution in [2.24, 2.45) is 0 Å². The molecule has 0 aromatic heterocycles. The van der Waals surface area contributed by atoms with Crippen LogP contribution in [-0.4, -0.2) is 19.0 Å². The fraction of sp³-hybridized carbons (Fsp3) is 0.286. The topological polar surface area (TPSA) is 32.3 Å². The van der Waals surface area contributed by atoms with Crippen LogP contribution in [0, 0.1) is 0 Å². The summed E-state index contributed by atoms with van der Waals surface area (Å²) in [5.41, 5.74) is 3.43. The molecule has 1 amide bonds. The molecule has 0 radical (unpaired) electrons. The van der Waals surface area contributed by atoms with Crippen LogP contribution in [0.2, 0.25) is 0 Å². The molecule has 3 heteroatoms. The lowest BCUT2D eigenvalue weighted by atomic mass is 10.1. The highest BCUT2D eigenvalue weighted by molar-refractivity contribution is 5.91. The van der Waals surface area contributed by atoms with Gasteiger partial charge in [0.05, 0.1) is 0 Å². The van der Waals surface area contributed by atoms with E-state index in [-0.39, 0.29) is 5.91 Å². The fourth-order valence-corrected chi connectivity index (χ4v) is 2.96. The van der Waals surface area contributed by atoms with Crippen LogP contribution in [0.3, 0.4) is 0 Å². The van der Waals surface area contributed by atoms with Gasteiger partial charge in [-0.25, -0.2) is 0 Å². The molecule has 3 nitrogen and oxygen atoms in total. The first kappa shape index (κ1) is 16.3. The van der Waals surface area contributed by atoms with Crippen LogP contribution in [0.15, 0.2) is 60.7 Å². The quantitative estimate of drug-likeness (QED) is 0.844. The van der Waals surface area contributed by atoms with Crippen LogP contribution in [0.4, 0.5) is 5.69 Å². The van der Waals surface area contributed by atoms with E-state index in [1.54, 1.807) is 6.08 Å². The number of rotatable bonds is 5. The second kappa shape index (κ2) is 8.34. The summed E-state index contributed by atoms with van der Waals surface area (Å²) >= 11 is 0. The summed E-state index contributed by atoms with van der Waals surface area (Å²) in [4.78, 5) is 14.3. The van der Waals surface area contributed by atoms with E-state index in [1.165, 1.54) is 24.9 Å². The van der Waals surface area contributed by atoms with Crippen molar-refractivity contribution in [3.63, 3.8) is 0 Å². The molecule has 1 saturated heterocycles. The van der Waals surface area contributed by atoms with Crippen LogP contribution in [0.25, 0.3) is 6.08 Å². The third-order valence-corrected chi connectivity index (χ3v) is 4.35. The minimum atomic E-state index is -0.0704. The lowest BCUT2D eigenvalue weighted by molar-refractivity contribution is -0.116. The molecule has 24 heavy (non-hydrogen) atoms. The predicted molar refractivity (Wildman–Crippen MR) is 99.8 cm³/mol. The SMILES string of the molecule is O=C(/C=C/c1ccccc1)NCc1ccc(N2CCCCC2)cc1. The van der Waals surface area contributed by atoms with Crippen LogP contribution < -0.4 is 10.2 Å². The lowest BCUT2D eigenvalue weighted by Gasteiger charge is -2.28. The van der Waals surface area contributed by atoms with Crippen LogP contribution >= 0.6 is 0 Å². The minimum Gasteiger partial charge on any atom is -0.372 e. The van der Waals surface area contributed by atoms with Gasteiger partial charge in [-0.05, 0) is 48.6 Å². The first-order valence-corrected chi connectivity index (χ1v) is 8.66. The Bertz CT molecular complexity index is 671. The lowest BCUT2D eigenvalue weighted by Crippen LogP contribution is -2.29. The number of nitrogens with one attached hydrogen (secondary N) is 1. The van der Waals surface area contributed by atoms with Gasteiger partial charge in [0, 0.05) is 31.4 Å². The number of hydrogen-bond donors (Lipinski definition) is 1. The fourth-order valence-electron chi connectivity index (χ4n) is 2.96. The summed E-state index contributed by atoms with van der Waals surface area (Å²) in [6.45, 7) is 2.86. The molecule has 124 valence electrons. The summed E-state index contributed by atoms with van der Waals surface area (Å²) in [7, 11) is 0. The third kappa shape index (κ3) is 4.72. The zero-order valence-corrected chi connectivity index (χ0v) is 13.9. The van der Waals surface area contributed by atoms with Gasteiger partial charge in [-0.15, -0.1) is 0 Å². The average molecular weight is 320 g/mol. The van der Waals surface area contributed by atoms with Crippen molar-refractivity contribution in [2.75, 3.05) is 18.0 Å². The molecule has 3 rings (SSSR count). The number of amides is 1. The van der Waals surface area contributed by atoms with Gasteiger partial charge in [0.15, 0.2) is 0 Å². The molecule has 0 aliphatic carbocycles. The highest BCUT2D eigenvalue weighted by atomic mass is 16.1. The number of carbonyl (C=O) groups is 1. The maximum atomic E-state index is 11.9. The highest BCUT2D eigenvalue weighted by Gasteiger charge is 2.10. The number of piperidine rings is 1. The molecular weight excluding hydrogens is 296 g/mol. The Balaban J connectivity index is 1.49. The smallest absolute Gasteiger partial charge is 0.244 e. The molecular formula is C21H24N2O. The molecule has 2 aromatic carbocycles. The van der Waals surface area contributed by atoms with Crippen LogP contribution in [0.5, 0.6) is 0 Å². The summed E-state index contributed by atoms with van der Waals surface area (Å²) < 4.78 is 0. The van der Waals surface area contributed by atoms with Crippen molar-refractivity contribution in [3.05, 3.63) is 71.8 Å². The Morgan fingerprint density at radius 2 is 1.67 bits per heavy atom. The monoisotopic (exact) mass is 320 g/mol. The van der Waals surface area contributed by atoms with Crippen molar-refractivity contribution < 1.29 is 4.79 Å². The van der Waals surface area contributed by atoms with E-state index in [1.807, 2.05) is 36.4 Å². The molecule has 1 aliphatic rings. The van der Waals surface area contributed by atoms with Crippen molar-refractivity contribution >= 4 is 17.7 Å². The number of anilines is 1. The van der Waals surface area contributed by atoms with E-state index >= 15 is 0 Å². The summed E-state index contributed by atoms with van der Waals surface area (Å²) in [6.07, 6.45) is 7.32. The van der Waals surface area contributed by atoms with Crippen LogP contribution in [-0.2, 0) is 11.3 Å². The second-order valence-corrected chi connectivity index (χ2v) is 6.18. The zero-order valence-electron chi connectivity index (χ0n) is 13.9. The predicted octanol–water partition coefficient (Wildman–Crippen LogP) is 4.01. The zero-order chi connectivity index (χ0) is 16.6. The van der Waals surface area contributed by atoms with Gasteiger partial charge in [-0.2, -0.15) is 0 Å². The Morgan fingerprint density at radius 1 is 0.958 bits per heavy atom. The molecule has 2 aromatic rings. The Hall–Kier alpha value is -2.55. The van der Waals surface area contributed by atoms with Crippen molar-refractivity contribution in [1.82, 2.24) is 5.32 Å². The third-order valence-electron chi connectivity index (χ3n) is 4.35. The Kier molecular flexibility index (Phi) is 5.67. The summed E-state index contributed by atoms with van der Waals surface area (Å²) in [5.74, 6) is -0.0704. The first-order chi connectivity index (χ1) is 11.8. The van der Waals surface area contributed by atoms with Crippen molar-refractivity contribution in [1.29, 1.82) is 0 Å². The molecule has 0 unspecified atom stereocenters. The van der Waals surface area contributed by atoms with Crippen LogP contribution in [0.1, 0.15) is 30.4 Å². The number of benzene rings is 2. The van der Waals surface area contributed by atoms with E-state index in [2.05, 4.69) is 34.5 Å². The van der Waals surface area contributed by atoms with Gasteiger partial charge in [-0.1, -0.05) is 42.5 Å². The highest BCUT2D eigenvalue weighted by Crippen LogP contribution is 2.20. The van der Waals surface area contributed by atoms with Crippen molar-refractivity contribution in [2.45, 2.75) is 25.8 Å². The molecule has 0 saturated carbocycles. The molecule has 1 fully saturated rings. The minimum absolute atomic E-state index is 0.0704. The average Bonchev–Trinajstić information content (AvgIpc) is 2.67. The van der Waals surface area contributed by atoms with Gasteiger partial charge in [-0.3, -0.25) is 4.79 Å². The van der Waals surface area contributed by atoms with E-state index < -0.39 is 0 Å². The number of hydrogen-bond acceptors (Lipinski definition) is 2.